The zero-order valence-corrected chi connectivity index (χ0v) is 29.2. The lowest BCUT2D eigenvalue weighted by Crippen LogP contribution is -2.25. The molecule has 0 fully saturated rings. The van der Waals surface area contributed by atoms with Crippen molar-refractivity contribution in [2.24, 2.45) is 0 Å². The van der Waals surface area contributed by atoms with Crippen molar-refractivity contribution in [2.45, 2.75) is 5.41 Å². The van der Waals surface area contributed by atoms with Crippen LogP contribution < -0.4 is 14.4 Å². The quantitative estimate of drug-likeness (QED) is 0.184. The summed E-state index contributed by atoms with van der Waals surface area (Å²) < 4.78 is 16.3. The van der Waals surface area contributed by atoms with E-state index >= 15 is 0 Å². The summed E-state index contributed by atoms with van der Waals surface area (Å²) in [5.74, 6) is 2.88. The predicted octanol–water partition coefficient (Wildman–Crippen LogP) is 13.8. The third-order valence-corrected chi connectivity index (χ3v) is 12.5. The molecular formula is C49H29NO2S. The van der Waals surface area contributed by atoms with Gasteiger partial charge in [0.05, 0.1) is 11.1 Å². The van der Waals surface area contributed by atoms with E-state index in [1.807, 2.05) is 17.4 Å². The van der Waals surface area contributed by atoms with Crippen LogP contribution in [0.1, 0.15) is 22.3 Å². The topological polar surface area (TPSA) is 21.7 Å². The van der Waals surface area contributed by atoms with Crippen molar-refractivity contribution < 1.29 is 9.47 Å². The van der Waals surface area contributed by atoms with Crippen molar-refractivity contribution in [3.63, 3.8) is 0 Å². The lowest BCUT2D eigenvalue weighted by molar-refractivity contribution is 0.360. The first kappa shape index (κ1) is 29.0. The van der Waals surface area contributed by atoms with Gasteiger partial charge in [0.25, 0.3) is 0 Å². The zero-order valence-electron chi connectivity index (χ0n) is 28.4. The second kappa shape index (κ2) is 10.7. The second-order valence-electron chi connectivity index (χ2n) is 14.0. The standard InChI is InChI=1S/C49H29NO2S/c1-2-12-30(13-3-1)50(32-22-24-36-35-16-7-11-21-45(35)53-46(36)29-32)31-23-26-42-44(28-31)52-48-43(51-42)27-25-41-47(48)37-17-6-10-20-40(37)49(41)38-18-8-4-14-33(38)34-15-5-9-19-39(34)49/h1-29H. The second-order valence-corrected chi connectivity index (χ2v) is 15.1. The largest absolute Gasteiger partial charge is 0.449 e. The normalized spacial score (nSPS) is 13.7. The molecule has 0 bridgehead atoms. The molecule has 3 aliphatic rings. The highest BCUT2D eigenvalue weighted by atomic mass is 32.1. The average Bonchev–Trinajstić information content (AvgIpc) is 3.84. The minimum atomic E-state index is -0.449. The summed E-state index contributed by atoms with van der Waals surface area (Å²) in [6.45, 7) is 0. The van der Waals surface area contributed by atoms with Crippen LogP contribution in [0.2, 0.25) is 0 Å². The smallest absolute Gasteiger partial charge is 0.178 e. The molecule has 9 aromatic rings. The van der Waals surface area contributed by atoms with Crippen LogP contribution in [0.3, 0.4) is 0 Å². The molecule has 0 radical (unpaired) electrons. The Labute approximate surface area is 310 Å². The highest BCUT2D eigenvalue weighted by molar-refractivity contribution is 7.25. The summed E-state index contributed by atoms with van der Waals surface area (Å²) in [6.07, 6.45) is 0. The van der Waals surface area contributed by atoms with Crippen molar-refractivity contribution >= 4 is 48.6 Å². The Balaban J connectivity index is 1.03. The lowest BCUT2D eigenvalue weighted by Gasteiger charge is -2.31. The number of benzene rings is 8. The highest BCUT2D eigenvalue weighted by Gasteiger charge is 2.53. The molecule has 8 aromatic carbocycles. The Morgan fingerprint density at radius 3 is 1.79 bits per heavy atom. The fraction of sp³-hybridized carbons (Fsp3) is 0.0204. The Morgan fingerprint density at radius 1 is 0.396 bits per heavy atom. The SMILES string of the molecule is c1ccc(N(c2ccc3c(c2)Oc2c(ccc4c2-c2ccccc2C42c4ccccc4-c4ccccc42)O3)c2ccc3c(c2)sc2ccccc23)cc1. The molecule has 4 heteroatoms. The molecule has 53 heavy (non-hydrogen) atoms. The van der Waals surface area contributed by atoms with Crippen LogP contribution in [0.15, 0.2) is 176 Å². The van der Waals surface area contributed by atoms with Gasteiger partial charge < -0.3 is 14.4 Å². The van der Waals surface area contributed by atoms with Crippen LogP contribution in [0, 0.1) is 0 Å². The van der Waals surface area contributed by atoms with E-state index in [1.165, 1.54) is 59.1 Å². The third kappa shape index (κ3) is 3.88. The van der Waals surface area contributed by atoms with Crippen LogP contribution in [0.4, 0.5) is 17.1 Å². The molecule has 2 heterocycles. The number of hydrogen-bond donors (Lipinski definition) is 0. The highest BCUT2D eigenvalue weighted by Crippen LogP contribution is 2.66. The molecule has 0 saturated carbocycles. The van der Waals surface area contributed by atoms with E-state index in [2.05, 4.69) is 175 Å². The van der Waals surface area contributed by atoms with E-state index in [0.29, 0.717) is 11.5 Å². The van der Waals surface area contributed by atoms with Crippen LogP contribution in [0.5, 0.6) is 23.0 Å². The maximum atomic E-state index is 7.08. The zero-order chi connectivity index (χ0) is 34.7. The molecule has 248 valence electrons. The third-order valence-electron chi connectivity index (χ3n) is 11.3. The van der Waals surface area contributed by atoms with Crippen LogP contribution >= 0.6 is 11.3 Å². The molecule has 1 aliphatic heterocycles. The van der Waals surface area contributed by atoms with Crippen molar-refractivity contribution in [1.29, 1.82) is 0 Å². The van der Waals surface area contributed by atoms with Gasteiger partial charge in [0.15, 0.2) is 23.0 Å². The summed E-state index contributed by atoms with van der Waals surface area (Å²) >= 11 is 1.83. The molecular weight excluding hydrogens is 667 g/mol. The van der Waals surface area contributed by atoms with E-state index in [1.54, 1.807) is 0 Å². The van der Waals surface area contributed by atoms with E-state index < -0.39 is 5.41 Å². The van der Waals surface area contributed by atoms with Crippen molar-refractivity contribution in [3.05, 3.63) is 198 Å². The molecule has 0 saturated heterocycles. The molecule has 0 amide bonds. The van der Waals surface area contributed by atoms with Crippen molar-refractivity contribution in [2.75, 3.05) is 4.90 Å². The fourth-order valence-electron chi connectivity index (χ4n) is 9.22. The number of nitrogens with zero attached hydrogens (tertiary/aromatic N) is 1. The number of ether oxygens (including phenoxy) is 2. The van der Waals surface area contributed by atoms with Crippen molar-refractivity contribution in [1.82, 2.24) is 0 Å². The maximum absolute atomic E-state index is 7.08. The maximum Gasteiger partial charge on any atom is 0.178 e. The number of anilines is 3. The summed E-state index contributed by atoms with van der Waals surface area (Å²) in [5, 5.41) is 2.57. The van der Waals surface area contributed by atoms with Gasteiger partial charge in [0.2, 0.25) is 0 Å². The van der Waals surface area contributed by atoms with Crippen LogP contribution in [0.25, 0.3) is 42.4 Å². The Morgan fingerprint density at radius 2 is 1.00 bits per heavy atom. The van der Waals surface area contributed by atoms with Gasteiger partial charge >= 0.3 is 0 Å². The molecule has 2 aliphatic carbocycles. The number of para-hydroxylation sites is 1. The van der Waals surface area contributed by atoms with Gasteiger partial charge in [0.1, 0.15) is 0 Å². The molecule has 12 rings (SSSR count). The minimum Gasteiger partial charge on any atom is -0.449 e. The first-order valence-electron chi connectivity index (χ1n) is 18.0. The van der Waals surface area contributed by atoms with E-state index in [-0.39, 0.29) is 0 Å². The Bertz CT molecular complexity index is 2930. The number of fused-ring (bicyclic) bond motifs is 16. The Hall–Kier alpha value is -6.62. The molecule has 0 N–H and O–H groups in total. The van der Waals surface area contributed by atoms with E-state index in [0.717, 1.165) is 34.1 Å². The predicted molar refractivity (Wildman–Crippen MR) is 217 cm³/mol. The fourth-order valence-corrected chi connectivity index (χ4v) is 10.4. The number of hydrogen-bond acceptors (Lipinski definition) is 4. The lowest BCUT2D eigenvalue weighted by atomic mass is 9.70. The van der Waals surface area contributed by atoms with Gasteiger partial charge in [-0.05, 0) is 87.5 Å². The van der Waals surface area contributed by atoms with E-state index in [4.69, 9.17) is 9.47 Å². The molecule has 1 aromatic heterocycles. The molecule has 0 atom stereocenters. The van der Waals surface area contributed by atoms with Gasteiger partial charge in [0, 0.05) is 43.2 Å². The van der Waals surface area contributed by atoms with Crippen LogP contribution in [-0.4, -0.2) is 0 Å². The summed E-state index contributed by atoms with van der Waals surface area (Å²) in [5.41, 5.74) is 12.6. The summed E-state index contributed by atoms with van der Waals surface area (Å²) in [4.78, 5) is 2.30. The summed E-state index contributed by atoms with van der Waals surface area (Å²) in [7, 11) is 0. The van der Waals surface area contributed by atoms with Gasteiger partial charge in [-0.1, -0.05) is 121 Å². The average molecular weight is 696 g/mol. The monoisotopic (exact) mass is 695 g/mol. The Kier molecular flexibility index (Phi) is 5.86. The summed E-state index contributed by atoms with van der Waals surface area (Å²) in [6, 6.07) is 63.2. The minimum absolute atomic E-state index is 0.449. The van der Waals surface area contributed by atoms with Gasteiger partial charge in [-0.3, -0.25) is 0 Å². The first-order chi connectivity index (χ1) is 26.3. The van der Waals surface area contributed by atoms with Gasteiger partial charge in [-0.2, -0.15) is 0 Å². The molecule has 0 unspecified atom stereocenters. The van der Waals surface area contributed by atoms with Crippen molar-refractivity contribution in [3.8, 4) is 45.3 Å². The number of thiophene rings is 1. The number of rotatable bonds is 3. The first-order valence-corrected chi connectivity index (χ1v) is 18.8. The van der Waals surface area contributed by atoms with Gasteiger partial charge in [-0.25, -0.2) is 0 Å². The van der Waals surface area contributed by atoms with Gasteiger partial charge in [-0.15, -0.1) is 11.3 Å². The molecule has 3 nitrogen and oxygen atoms in total. The molecule has 1 spiro atoms. The van der Waals surface area contributed by atoms with E-state index in [9.17, 15) is 0 Å². The van der Waals surface area contributed by atoms with Crippen LogP contribution in [-0.2, 0) is 5.41 Å².